The highest BCUT2D eigenvalue weighted by atomic mass is 16.6. The molecule has 1 aliphatic heterocycles. The topological polar surface area (TPSA) is 144 Å². The van der Waals surface area contributed by atoms with E-state index in [0.29, 0.717) is 12.8 Å². The molecule has 3 N–H and O–H groups in total. The molecular formula is C28H34N4O7. The fraction of sp³-hybridized carbons (Fsp3) is 0.393. The third kappa shape index (κ3) is 10.1. The van der Waals surface area contributed by atoms with Gasteiger partial charge in [0.1, 0.15) is 19.3 Å². The first-order valence-electron chi connectivity index (χ1n) is 12.8. The molecule has 1 saturated heterocycles. The lowest BCUT2D eigenvalue weighted by Gasteiger charge is -2.34. The molecule has 2 aromatic carbocycles. The molecule has 0 saturated carbocycles. The van der Waals surface area contributed by atoms with E-state index >= 15 is 0 Å². The van der Waals surface area contributed by atoms with Gasteiger partial charge in [0.15, 0.2) is 0 Å². The molecule has 2 atom stereocenters. The summed E-state index contributed by atoms with van der Waals surface area (Å²) in [4.78, 5) is 53.1. The first kappa shape index (κ1) is 29.2. The van der Waals surface area contributed by atoms with E-state index < -0.39 is 30.1 Å². The summed E-state index contributed by atoms with van der Waals surface area (Å²) < 4.78 is 15.6. The lowest BCUT2D eigenvalue weighted by atomic mass is 9.86. The molecule has 1 aliphatic rings. The molecule has 3 amide bonds. The number of hydrogen-bond donors (Lipinski definition) is 3. The van der Waals surface area contributed by atoms with Gasteiger partial charge in [-0.05, 0) is 29.9 Å². The van der Waals surface area contributed by atoms with Crippen LogP contribution in [-0.2, 0) is 37.0 Å². The summed E-state index contributed by atoms with van der Waals surface area (Å²) in [7, 11) is 0. The van der Waals surface area contributed by atoms with Gasteiger partial charge >= 0.3 is 18.2 Å². The van der Waals surface area contributed by atoms with Crippen molar-refractivity contribution in [1.29, 1.82) is 0 Å². The lowest BCUT2D eigenvalue weighted by molar-refractivity contribution is -0.158. The van der Waals surface area contributed by atoms with Gasteiger partial charge in [0, 0.05) is 6.54 Å². The van der Waals surface area contributed by atoms with Crippen molar-refractivity contribution in [2.24, 2.45) is 16.8 Å². The number of ether oxygens (including phenoxy) is 3. The molecule has 2 aromatic rings. The molecule has 1 fully saturated rings. The Labute approximate surface area is 227 Å². The summed E-state index contributed by atoms with van der Waals surface area (Å²) in [6, 6.07) is 17.6. The minimum absolute atomic E-state index is 0.0312. The average molecular weight is 539 g/mol. The zero-order valence-electron chi connectivity index (χ0n) is 22.1. The number of guanidine groups is 1. The molecule has 11 nitrogen and oxygen atoms in total. The third-order valence-corrected chi connectivity index (χ3v) is 5.66. The molecule has 0 radical (unpaired) electrons. The maximum absolute atomic E-state index is 12.3. The van der Waals surface area contributed by atoms with E-state index in [4.69, 9.17) is 14.2 Å². The van der Waals surface area contributed by atoms with Crippen LogP contribution in [0.1, 0.15) is 37.8 Å². The summed E-state index contributed by atoms with van der Waals surface area (Å²) in [5.41, 5.74) is 1.59. The molecule has 0 spiro atoms. The van der Waals surface area contributed by atoms with Crippen LogP contribution in [0.25, 0.3) is 0 Å². The Kier molecular flexibility index (Phi) is 11.3. The van der Waals surface area contributed by atoms with Gasteiger partial charge in [0.05, 0.1) is 12.5 Å². The lowest BCUT2D eigenvalue weighted by Crippen LogP contribution is -2.62. The molecule has 208 valence electrons. The monoisotopic (exact) mass is 538 g/mol. The Morgan fingerprint density at radius 2 is 1.41 bits per heavy atom. The van der Waals surface area contributed by atoms with Gasteiger partial charge in [-0.15, -0.1) is 0 Å². The van der Waals surface area contributed by atoms with E-state index in [0.717, 1.165) is 11.1 Å². The molecule has 0 aliphatic carbocycles. The number of nitrogens with one attached hydrogen (secondary N) is 3. The summed E-state index contributed by atoms with van der Waals surface area (Å²) in [5.74, 6) is -1.17. The van der Waals surface area contributed by atoms with Gasteiger partial charge in [-0.3, -0.25) is 20.4 Å². The van der Waals surface area contributed by atoms with Crippen molar-refractivity contribution in [3.63, 3.8) is 0 Å². The molecule has 39 heavy (non-hydrogen) atoms. The molecule has 1 heterocycles. The largest absolute Gasteiger partial charge is 0.464 e. The Bertz CT molecular complexity index is 1080. The highest BCUT2D eigenvalue weighted by molar-refractivity contribution is 6.01. The molecule has 3 rings (SSSR count). The van der Waals surface area contributed by atoms with Crippen LogP contribution in [0.4, 0.5) is 9.59 Å². The molecule has 0 aromatic heterocycles. The zero-order valence-corrected chi connectivity index (χ0v) is 22.1. The number of amides is 3. The fourth-order valence-corrected chi connectivity index (χ4v) is 3.60. The minimum atomic E-state index is -0.813. The number of carbonyl (C=O) groups excluding carboxylic acids is 4. The van der Waals surface area contributed by atoms with E-state index in [-0.39, 0.29) is 44.2 Å². The number of hydrogen-bond acceptors (Lipinski definition) is 8. The normalized spacial score (nSPS) is 15.8. The predicted octanol–water partition coefficient (Wildman–Crippen LogP) is 3.29. The van der Waals surface area contributed by atoms with Gasteiger partial charge in [-0.2, -0.15) is 0 Å². The maximum Gasteiger partial charge on any atom is 0.414 e. The smallest absolute Gasteiger partial charge is 0.414 e. The first-order chi connectivity index (χ1) is 18.8. The van der Waals surface area contributed by atoms with Crippen molar-refractivity contribution in [2.75, 3.05) is 13.2 Å². The third-order valence-electron chi connectivity index (χ3n) is 5.66. The van der Waals surface area contributed by atoms with Crippen LogP contribution in [0.2, 0.25) is 0 Å². The second kappa shape index (κ2) is 15.1. The molecule has 0 bridgehead atoms. The van der Waals surface area contributed by atoms with Crippen LogP contribution >= 0.6 is 0 Å². The molecule has 1 unspecified atom stereocenters. The second-order valence-electron chi connectivity index (χ2n) is 9.36. The van der Waals surface area contributed by atoms with Crippen LogP contribution in [0.5, 0.6) is 0 Å². The maximum atomic E-state index is 12.3. The van der Waals surface area contributed by atoms with Crippen LogP contribution in [-0.4, -0.2) is 49.2 Å². The van der Waals surface area contributed by atoms with Crippen LogP contribution in [0.15, 0.2) is 65.7 Å². The van der Waals surface area contributed by atoms with E-state index in [9.17, 15) is 19.2 Å². The van der Waals surface area contributed by atoms with Crippen molar-refractivity contribution in [2.45, 2.75) is 45.9 Å². The molecule has 11 heteroatoms. The van der Waals surface area contributed by atoms with Crippen molar-refractivity contribution in [3.05, 3.63) is 71.8 Å². The van der Waals surface area contributed by atoms with Crippen molar-refractivity contribution in [3.8, 4) is 0 Å². The summed E-state index contributed by atoms with van der Waals surface area (Å²) in [6.07, 6.45) is -0.836. The Morgan fingerprint density at radius 1 is 0.872 bits per heavy atom. The summed E-state index contributed by atoms with van der Waals surface area (Å²) in [6.45, 7) is 4.36. The second-order valence-corrected chi connectivity index (χ2v) is 9.36. The van der Waals surface area contributed by atoms with E-state index in [1.54, 1.807) is 0 Å². The van der Waals surface area contributed by atoms with Gasteiger partial charge in [0.2, 0.25) is 11.9 Å². The van der Waals surface area contributed by atoms with Gasteiger partial charge in [0.25, 0.3) is 0 Å². The SMILES string of the molecule is CC(C)COC(=O)C1NC(=O)[C@@H]1CCCN=C(NC(=O)OCc1ccccc1)NC(=O)OCc1ccccc1. The van der Waals surface area contributed by atoms with Crippen LogP contribution < -0.4 is 16.0 Å². The number of esters is 1. The number of aliphatic imine (C=N–C) groups is 1. The Morgan fingerprint density at radius 3 is 1.90 bits per heavy atom. The van der Waals surface area contributed by atoms with E-state index in [1.807, 2.05) is 74.5 Å². The predicted molar refractivity (Wildman–Crippen MR) is 142 cm³/mol. The Balaban J connectivity index is 1.52. The zero-order chi connectivity index (χ0) is 28.0. The molecular weight excluding hydrogens is 504 g/mol. The Hall–Kier alpha value is -4.41. The van der Waals surface area contributed by atoms with Gasteiger partial charge < -0.3 is 19.5 Å². The highest BCUT2D eigenvalue weighted by Crippen LogP contribution is 2.22. The average Bonchev–Trinajstić information content (AvgIpc) is 2.93. The van der Waals surface area contributed by atoms with Crippen molar-refractivity contribution >= 4 is 30.0 Å². The van der Waals surface area contributed by atoms with Crippen molar-refractivity contribution < 1.29 is 33.4 Å². The number of β-lactam (4-membered cyclic amide) rings is 1. The summed E-state index contributed by atoms with van der Waals surface area (Å²) in [5, 5.41) is 7.41. The number of alkyl carbamates (subject to hydrolysis) is 2. The number of nitrogens with zero attached hydrogens (tertiary/aromatic N) is 1. The minimum Gasteiger partial charge on any atom is -0.464 e. The quantitative estimate of drug-likeness (QED) is 0.0994. The van der Waals surface area contributed by atoms with Crippen LogP contribution in [0, 0.1) is 11.8 Å². The van der Waals surface area contributed by atoms with Gasteiger partial charge in [-0.1, -0.05) is 74.5 Å². The van der Waals surface area contributed by atoms with E-state index in [1.165, 1.54) is 0 Å². The first-order valence-corrected chi connectivity index (χ1v) is 12.8. The standard InChI is InChI=1S/C28H34N4O7/c1-19(2)16-37-25(34)23-22(24(33)30-23)14-9-15-29-26(31-27(35)38-17-20-10-5-3-6-11-20)32-28(36)39-18-21-12-7-4-8-13-21/h3-8,10-13,19,22-23H,9,14-18H2,1-2H3,(H,30,33)(H2,29,31,32,35,36)/t22-,23?/m1/s1. The van der Waals surface area contributed by atoms with Gasteiger partial charge in [-0.25, -0.2) is 14.4 Å². The van der Waals surface area contributed by atoms with Crippen molar-refractivity contribution in [1.82, 2.24) is 16.0 Å². The fourth-order valence-electron chi connectivity index (χ4n) is 3.60. The summed E-state index contributed by atoms with van der Waals surface area (Å²) >= 11 is 0. The number of benzene rings is 2. The number of carbonyl (C=O) groups is 4. The number of rotatable bonds is 11. The van der Waals surface area contributed by atoms with E-state index in [2.05, 4.69) is 20.9 Å². The highest BCUT2D eigenvalue weighted by Gasteiger charge is 2.44. The van der Waals surface area contributed by atoms with Crippen LogP contribution in [0.3, 0.4) is 0 Å².